The van der Waals surface area contributed by atoms with E-state index in [1.807, 2.05) is 0 Å². The average molecular weight is 115 g/mol. The van der Waals surface area contributed by atoms with Gasteiger partial charge in [-0.15, -0.1) is 0 Å². The molecule has 0 aromatic heterocycles. The Kier molecular flexibility index (Phi) is 1.11. The first-order chi connectivity index (χ1) is 3.15. The highest BCUT2D eigenvalue weighted by molar-refractivity contribution is 7.81. The second kappa shape index (κ2) is 1.41. The molecular formula is C6H11S. The fourth-order valence-electron chi connectivity index (χ4n) is 0.604. The Hall–Kier alpha value is 0.350. The molecule has 7 heavy (non-hydrogen) atoms. The Morgan fingerprint density at radius 1 is 1.57 bits per heavy atom. The van der Waals surface area contributed by atoms with Crippen molar-refractivity contribution in [2.45, 2.75) is 31.9 Å². The normalized spacial score (nSPS) is 29.6. The summed E-state index contributed by atoms with van der Waals surface area (Å²) in [7, 11) is 0. The van der Waals surface area contributed by atoms with Crippen molar-refractivity contribution in [3.05, 3.63) is 0 Å². The van der Waals surface area contributed by atoms with E-state index in [1.54, 1.807) is 0 Å². The SMILES string of the molecule is CC([S])C1(C)CC1. The van der Waals surface area contributed by atoms with E-state index in [4.69, 9.17) is 12.6 Å². The van der Waals surface area contributed by atoms with Crippen LogP contribution in [0.5, 0.6) is 0 Å². The summed E-state index contributed by atoms with van der Waals surface area (Å²) in [6, 6.07) is 0. The molecule has 0 N–H and O–H groups in total. The summed E-state index contributed by atoms with van der Waals surface area (Å²) in [5, 5.41) is 0.493. The monoisotopic (exact) mass is 115 g/mol. The van der Waals surface area contributed by atoms with E-state index in [0.29, 0.717) is 10.7 Å². The van der Waals surface area contributed by atoms with Crippen LogP contribution in [0, 0.1) is 5.41 Å². The van der Waals surface area contributed by atoms with Gasteiger partial charge in [0.25, 0.3) is 0 Å². The molecular weight excluding hydrogens is 104 g/mol. The van der Waals surface area contributed by atoms with Gasteiger partial charge >= 0.3 is 0 Å². The summed E-state index contributed by atoms with van der Waals surface area (Å²) in [4.78, 5) is 0. The molecule has 0 nitrogen and oxygen atoms in total. The van der Waals surface area contributed by atoms with E-state index in [2.05, 4.69) is 13.8 Å². The molecule has 1 heteroatoms. The highest BCUT2D eigenvalue weighted by Crippen LogP contribution is 2.49. The largest absolute Gasteiger partial charge is 0.0901 e. The molecule has 0 amide bonds. The van der Waals surface area contributed by atoms with Gasteiger partial charge in [0.2, 0.25) is 0 Å². The lowest BCUT2D eigenvalue weighted by atomic mass is 10.1. The summed E-state index contributed by atoms with van der Waals surface area (Å²) < 4.78 is 0. The second-order valence-corrected chi connectivity index (χ2v) is 3.50. The smallest absolute Gasteiger partial charge is 0.0177 e. The van der Waals surface area contributed by atoms with E-state index in [9.17, 15) is 0 Å². The van der Waals surface area contributed by atoms with Crippen molar-refractivity contribution in [3.8, 4) is 0 Å². The van der Waals surface area contributed by atoms with E-state index in [0.717, 1.165) is 0 Å². The molecule has 1 unspecified atom stereocenters. The maximum atomic E-state index is 5.08. The van der Waals surface area contributed by atoms with Crippen LogP contribution in [0.2, 0.25) is 0 Å². The average Bonchev–Trinajstić information content (AvgIpc) is 2.21. The highest BCUT2D eigenvalue weighted by atomic mass is 32.1. The molecule has 1 fully saturated rings. The first kappa shape index (κ1) is 5.49. The van der Waals surface area contributed by atoms with Crippen molar-refractivity contribution >= 4 is 12.6 Å². The predicted octanol–water partition coefficient (Wildman–Crippen LogP) is 2.37. The topological polar surface area (TPSA) is 0 Å². The van der Waals surface area contributed by atoms with Crippen LogP contribution >= 0.6 is 12.6 Å². The third-order valence-corrected chi connectivity index (χ3v) is 2.59. The van der Waals surface area contributed by atoms with Gasteiger partial charge in [0.15, 0.2) is 0 Å². The van der Waals surface area contributed by atoms with Gasteiger partial charge in [-0.2, -0.15) is 0 Å². The summed E-state index contributed by atoms with van der Waals surface area (Å²) >= 11 is 5.08. The second-order valence-electron chi connectivity index (χ2n) is 2.80. The Morgan fingerprint density at radius 2 is 2.00 bits per heavy atom. The molecule has 0 aliphatic heterocycles. The standard InChI is InChI=1S/C6H11S/c1-5(7)6(2)3-4-6/h5H,3-4H2,1-2H3. The lowest BCUT2D eigenvalue weighted by Crippen LogP contribution is -2.05. The minimum absolute atomic E-state index is 0.493. The van der Waals surface area contributed by atoms with Crippen molar-refractivity contribution in [2.75, 3.05) is 0 Å². The lowest BCUT2D eigenvalue weighted by molar-refractivity contribution is 0.570. The Bertz CT molecular complexity index is 72.2. The Morgan fingerprint density at radius 3 is 2.00 bits per heavy atom. The molecule has 1 atom stereocenters. The van der Waals surface area contributed by atoms with E-state index in [1.165, 1.54) is 12.8 Å². The minimum Gasteiger partial charge on any atom is -0.0901 e. The van der Waals surface area contributed by atoms with Gasteiger partial charge in [0.1, 0.15) is 0 Å². The Labute approximate surface area is 50.7 Å². The lowest BCUT2D eigenvalue weighted by Gasteiger charge is -2.08. The summed E-state index contributed by atoms with van der Waals surface area (Å²) in [6.45, 7) is 4.40. The minimum atomic E-state index is 0.493. The van der Waals surface area contributed by atoms with Crippen molar-refractivity contribution in [3.63, 3.8) is 0 Å². The zero-order valence-corrected chi connectivity index (χ0v) is 5.72. The quantitative estimate of drug-likeness (QED) is 0.492. The van der Waals surface area contributed by atoms with Crippen LogP contribution in [0.4, 0.5) is 0 Å². The van der Waals surface area contributed by atoms with Crippen LogP contribution in [-0.4, -0.2) is 5.25 Å². The van der Waals surface area contributed by atoms with E-state index in [-0.39, 0.29) is 0 Å². The Balaban J connectivity index is 2.39. The molecule has 0 bridgehead atoms. The number of rotatable bonds is 1. The van der Waals surface area contributed by atoms with Gasteiger partial charge in [-0.05, 0) is 18.3 Å². The summed E-state index contributed by atoms with van der Waals surface area (Å²) in [6.07, 6.45) is 2.72. The predicted molar refractivity (Wildman–Crippen MR) is 34.4 cm³/mol. The maximum absolute atomic E-state index is 5.08. The van der Waals surface area contributed by atoms with E-state index >= 15 is 0 Å². The summed E-state index contributed by atoms with van der Waals surface area (Å²) in [5.41, 5.74) is 0.565. The zero-order valence-electron chi connectivity index (χ0n) is 4.90. The summed E-state index contributed by atoms with van der Waals surface area (Å²) in [5.74, 6) is 0. The fourth-order valence-corrected chi connectivity index (χ4v) is 0.839. The first-order valence-electron chi connectivity index (χ1n) is 2.81. The molecule has 1 rings (SSSR count). The molecule has 0 heterocycles. The molecule has 0 aromatic carbocycles. The van der Waals surface area contributed by atoms with E-state index < -0.39 is 0 Å². The first-order valence-corrected chi connectivity index (χ1v) is 3.28. The van der Waals surface area contributed by atoms with Crippen LogP contribution in [0.25, 0.3) is 0 Å². The molecule has 0 saturated heterocycles. The van der Waals surface area contributed by atoms with Gasteiger partial charge in [0.05, 0.1) is 0 Å². The fraction of sp³-hybridized carbons (Fsp3) is 1.00. The maximum Gasteiger partial charge on any atom is 0.0177 e. The molecule has 41 valence electrons. The van der Waals surface area contributed by atoms with Crippen molar-refractivity contribution in [1.82, 2.24) is 0 Å². The van der Waals surface area contributed by atoms with Crippen LogP contribution in [0.3, 0.4) is 0 Å². The van der Waals surface area contributed by atoms with Crippen LogP contribution in [0.15, 0.2) is 0 Å². The molecule has 0 spiro atoms. The number of hydrogen-bond donors (Lipinski definition) is 0. The van der Waals surface area contributed by atoms with Crippen molar-refractivity contribution in [2.24, 2.45) is 5.41 Å². The molecule has 1 aliphatic carbocycles. The number of hydrogen-bond acceptors (Lipinski definition) is 0. The van der Waals surface area contributed by atoms with Crippen LogP contribution in [0.1, 0.15) is 26.7 Å². The van der Waals surface area contributed by atoms with Gasteiger partial charge < -0.3 is 0 Å². The molecule has 1 radical (unpaired) electrons. The third-order valence-electron chi connectivity index (χ3n) is 2.02. The molecule has 0 aromatic rings. The highest BCUT2D eigenvalue weighted by Gasteiger charge is 2.40. The van der Waals surface area contributed by atoms with Gasteiger partial charge in [0, 0.05) is 5.25 Å². The molecule has 1 aliphatic rings. The van der Waals surface area contributed by atoms with Crippen molar-refractivity contribution < 1.29 is 0 Å². The van der Waals surface area contributed by atoms with Crippen LogP contribution in [-0.2, 0) is 0 Å². The zero-order chi connectivity index (χ0) is 5.49. The van der Waals surface area contributed by atoms with Gasteiger partial charge in [-0.3, -0.25) is 0 Å². The molecule has 1 saturated carbocycles. The third kappa shape index (κ3) is 0.933. The van der Waals surface area contributed by atoms with Gasteiger partial charge in [-0.1, -0.05) is 26.5 Å². The van der Waals surface area contributed by atoms with Gasteiger partial charge in [-0.25, -0.2) is 0 Å². The van der Waals surface area contributed by atoms with Crippen molar-refractivity contribution in [1.29, 1.82) is 0 Å². The van der Waals surface area contributed by atoms with Crippen LogP contribution < -0.4 is 0 Å².